The molecule has 31 heavy (non-hydrogen) atoms. The van der Waals surface area contributed by atoms with Crippen molar-refractivity contribution in [3.63, 3.8) is 0 Å². The third-order valence-corrected chi connectivity index (χ3v) is 5.55. The minimum atomic E-state index is -0.167. The predicted octanol–water partition coefficient (Wildman–Crippen LogP) is 3.38. The first-order valence-corrected chi connectivity index (χ1v) is 10.4. The number of hydrogen-bond donors (Lipinski definition) is 3. The van der Waals surface area contributed by atoms with Crippen LogP contribution >= 0.6 is 0 Å². The number of aromatic nitrogens is 2. The number of carbonyl (C=O) groups excluding carboxylic acids is 2. The minimum Gasteiger partial charge on any atom is -0.495 e. The summed E-state index contributed by atoms with van der Waals surface area (Å²) in [6, 6.07) is 13.2. The summed E-state index contributed by atoms with van der Waals surface area (Å²) in [5.41, 5.74) is 3.19. The van der Waals surface area contributed by atoms with E-state index in [2.05, 4.69) is 25.5 Å². The van der Waals surface area contributed by atoms with Crippen molar-refractivity contribution in [2.75, 3.05) is 30.8 Å². The highest BCUT2D eigenvalue weighted by Gasteiger charge is 2.26. The van der Waals surface area contributed by atoms with Gasteiger partial charge < -0.3 is 20.4 Å². The maximum Gasteiger partial charge on any atom is 0.227 e. The molecule has 2 amide bonds. The normalized spacial score (nSPS) is 15.0. The average Bonchev–Trinajstić information content (AvgIpc) is 3.16. The summed E-state index contributed by atoms with van der Waals surface area (Å²) in [6.07, 6.45) is 1.56. The topological polar surface area (TPSA) is 99.3 Å². The Morgan fingerprint density at radius 1 is 1.16 bits per heavy atom. The van der Waals surface area contributed by atoms with Crippen LogP contribution < -0.4 is 15.4 Å². The van der Waals surface area contributed by atoms with Gasteiger partial charge in [0.25, 0.3) is 0 Å². The van der Waals surface area contributed by atoms with Gasteiger partial charge in [0.05, 0.1) is 30.4 Å². The molecule has 3 N–H and O–H groups in total. The molecular weight excluding hydrogens is 394 g/mol. The molecule has 162 valence electrons. The van der Waals surface area contributed by atoms with Crippen molar-refractivity contribution >= 4 is 34.2 Å². The highest BCUT2D eigenvalue weighted by Crippen LogP contribution is 2.29. The van der Waals surface area contributed by atoms with Crippen LogP contribution in [0.15, 0.2) is 42.5 Å². The van der Waals surface area contributed by atoms with E-state index in [-0.39, 0.29) is 17.7 Å². The van der Waals surface area contributed by atoms with Crippen molar-refractivity contribution < 1.29 is 14.3 Å². The Hall–Kier alpha value is -3.39. The van der Waals surface area contributed by atoms with Gasteiger partial charge in [-0.15, -0.1) is 0 Å². The van der Waals surface area contributed by atoms with E-state index in [0.29, 0.717) is 17.1 Å². The molecule has 1 aliphatic heterocycles. The van der Waals surface area contributed by atoms with Crippen LogP contribution in [0.5, 0.6) is 5.75 Å². The molecule has 1 fully saturated rings. The molecule has 0 radical (unpaired) electrons. The quantitative estimate of drug-likeness (QED) is 0.567. The summed E-state index contributed by atoms with van der Waals surface area (Å²) in [5, 5.41) is 5.70. The summed E-state index contributed by atoms with van der Waals surface area (Å²) in [5.74, 6) is 1.25. The molecular formula is C23H27N5O3. The number of imidazole rings is 1. The molecule has 1 saturated heterocycles. The molecule has 1 aromatic heterocycles. The number of fused-ring (bicyclic) bond motifs is 1. The van der Waals surface area contributed by atoms with Gasteiger partial charge in [-0.05, 0) is 56.3 Å². The number of amides is 2. The summed E-state index contributed by atoms with van der Waals surface area (Å²) in [6.45, 7) is 3.85. The molecule has 0 spiro atoms. The fourth-order valence-electron chi connectivity index (χ4n) is 3.97. The fraction of sp³-hybridized carbons (Fsp3) is 0.348. The summed E-state index contributed by atoms with van der Waals surface area (Å²) < 4.78 is 5.36. The number of piperidine rings is 1. The zero-order valence-corrected chi connectivity index (χ0v) is 17.8. The van der Waals surface area contributed by atoms with Gasteiger partial charge in [0, 0.05) is 18.5 Å². The number of carbonyl (C=O) groups is 2. The molecule has 0 saturated carbocycles. The van der Waals surface area contributed by atoms with Gasteiger partial charge >= 0.3 is 0 Å². The van der Waals surface area contributed by atoms with Crippen LogP contribution in [0.3, 0.4) is 0 Å². The number of para-hydroxylation sites is 2. The number of likely N-dealkylation sites (tertiary alicyclic amines) is 1. The van der Waals surface area contributed by atoms with E-state index >= 15 is 0 Å². The molecule has 3 aromatic rings. The van der Waals surface area contributed by atoms with E-state index in [9.17, 15) is 9.59 Å². The SMILES string of the molecule is COc1ccc(NC(C)=O)cc1NC(=O)C1CCN(Cc2nc3ccccc3[nH]2)CC1. The summed E-state index contributed by atoms with van der Waals surface area (Å²) in [4.78, 5) is 34.5. The summed E-state index contributed by atoms with van der Waals surface area (Å²) >= 11 is 0. The Morgan fingerprint density at radius 3 is 2.65 bits per heavy atom. The first-order valence-electron chi connectivity index (χ1n) is 10.4. The van der Waals surface area contributed by atoms with E-state index in [0.717, 1.165) is 49.3 Å². The lowest BCUT2D eigenvalue weighted by molar-refractivity contribution is -0.121. The zero-order valence-electron chi connectivity index (χ0n) is 17.8. The van der Waals surface area contributed by atoms with Crippen LogP contribution in [-0.4, -0.2) is 46.9 Å². The van der Waals surface area contributed by atoms with Crippen molar-refractivity contribution in [2.24, 2.45) is 5.92 Å². The van der Waals surface area contributed by atoms with Crippen molar-refractivity contribution in [3.8, 4) is 5.75 Å². The van der Waals surface area contributed by atoms with Gasteiger partial charge in [-0.25, -0.2) is 4.98 Å². The van der Waals surface area contributed by atoms with E-state index in [1.807, 2.05) is 24.3 Å². The largest absolute Gasteiger partial charge is 0.495 e. The molecule has 0 bridgehead atoms. The number of nitrogens with one attached hydrogen (secondary N) is 3. The van der Waals surface area contributed by atoms with Gasteiger partial charge in [0.1, 0.15) is 11.6 Å². The van der Waals surface area contributed by atoms with Crippen LogP contribution in [0.25, 0.3) is 11.0 Å². The lowest BCUT2D eigenvalue weighted by Crippen LogP contribution is -2.38. The van der Waals surface area contributed by atoms with Crippen LogP contribution in [0.2, 0.25) is 0 Å². The molecule has 4 rings (SSSR count). The lowest BCUT2D eigenvalue weighted by Gasteiger charge is -2.30. The highest BCUT2D eigenvalue weighted by atomic mass is 16.5. The van der Waals surface area contributed by atoms with Crippen LogP contribution in [-0.2, 0) is 16.1 Å². The number of rotatable bonds is 6. The number of ether oxygens (including phenoxy) is 1. The molecule has 8 nitrogen and oxygen atoms in total. The first kappa shape index (κ1) is 20.9. The minimum absolute atomic E-state index is 0.0262. The van der Waals surface area contributed by atoms with E-state index < -0.39 is 0 Å². The average molecular weight is 422 g/mol. The van der Waals surface area contributed by atoms with Crippen molar-refractivity contribution in [1.82, 2.24) is 14.9 Å². The van der Waals surface area contributed by atoms with E-state index in [1.54, 1.807) is 25.3 Å². The van der Waals surface area contributed by atoms with Gasteiger partial charge in [-0.3, -0.25) is 14.5 Å². The molecule has 0 aliphatic carbocycles. The van der Waals surface area contributed by atoms with Gasteiger partial charge in [0.2, 0.25) is 11.8 Å². The number of H-pyrrole nitrogens is 1. The standard InChI is InChI=1S/C23H27N5O3/c1-15(29)24-17-7-8-21(31-2)20(13-17)27-23(30)16-9-11-28(12-10-16)14-22-25-18-5-3-4-6-19(18)26-22/h3-8,13,16H,9-12,14H2,1-2H3,(H,24,29)(H,25,26)(H,27,30). The third-order valence-electron chi connectivity index (χ3n) is 5.55. The lowest BCUT2D eigenvalue weighted by atomic mass is 9.95. The Labute approximate surface area is 181 Å². The van der Waals surface area contributed by atoms with Crippen molar-refractivity contribution in [1.29, 1.82) is 0 Å². The molecule has 2 heterocycles. The second-order valence-corrected chi connectivity index (χ2v) is 7.84. The van der Waals surface area contributed by atoms with Crippen molar-refractivity contribution in [2.45, 2.75) is 26.3 Å². The number of methoxy groups -OCH3 is 1. The monoisotopic (exact) mass is 421 g/mol. The Morgan fingerprint density at radius 2 is 1.94 bits per heavy atom. The first-order chi connectivity index (χ1) is 15.0. The molecule has 0 atom stereocenters. The smallest absolute Gasteiger partial charge is 0.227 e. The van der Waals surface area contributed by atoms with E-state index in [1.165, 1.54) is 6.92 Å². The molecule has 1 aliphatic rings. The second kappa shape index (κ2) is 9.18. The van der Waals surface area contributed by atoms with Gasteiger partial charge in [-0.2, -0.15) is 0 Å². The second-order valence-electron chi connectivity index (χ2n) is 7.84. The Bertz CT molecular complexity index is 1050. The predicted molar refractivity (Wildman–Crippen MR) is 120 cm³/mol. The third kappa shape index (κ3) is 5.03. The maximum atomic E-state index is 12.9. The number of anilines is 2. The van der Waals surface area contributed by atoms with Gasteiger partial charge in [-0.1, -0.05) is 12.1 Å². The van der Waals surface area contributed by atoms with Crippen LogP contribution in [0.1, 0.15) is 25.6 Å². The highest BCUT2D eigenvalue weighted by molar-refractivity contribution is 5.96. The Balaban J connectivity index is 1.34. The molecule has 0 unspecified atom stereocenters. The fourth-order valence-corrected chi connectivity index (χ4v) is 3.97. The maximum absolute atomic E-state index is 12.9. The molecule has 8 heteroatoms. The number of hydrogen-bond acceptors (Lipinski definition) is 5. The number of aromatic amines is 1. The number of benzene rings is 2. The van der Waals surface area contributed by atoms with Crippen molar-refractivity contribution in [3.05, 3.63) is 48.3 Å². The Kier molecular flexibility index (Phi) is 6.18. The van der Waals surface area contributed by atoms with Gasteiger partial charge in [0.15, 0.2) is 0 Å². The number of nitrogens with zero attached hydrogens (tertiary/aromatic N) is 2. The van der Waals surface area contributed by atoms with Crippen LogP contribution in [0.4, 0.5) is 11.4 Å². The summed E-state index contributed by atoms with van der Waals surface area (Å²) in [7, 11) is 1.56. The zero-order chi connectivity index (χ0) is 21.8. The van der Waals surface area contributed by atoms with Crippen LogP contribution in [0, 0.1) is 5.92 Å². The van der Waals surface area contributed by atoms with E-state index in [4.69, 9.17) is 4.74 Å². The molecule has 2 aromatic carbocycles.